The number of benzene rings is 4. The van der Waals surface area contributed by atoms with Crippen LogP contribution in [-0.4, -0.2) is 32.0 Å². The average Bonchev–Trinajstić information content (AvgIpc) is 3.42. The Morgan fingerprint density at radius 2 is 1.63 bits per heavy atom. The van der Waals surface area contributed by atoms with Crippen molar-refractivity contribution in [2.24, 2.45) is 0 Å². The predicted octanol–water partition coefficient (Wildman–Crippen LogP) is 6.16. The van der Waals surface area contributed by atoms with Gasteiger partial charge in [0.25, 0.3) is 0 Å². The van der Waals surface area contributed by atoms with Crippen LogP contribution in [0.3, 0.4) is 0 Å². The molecule has 1 heterocycles. The van der Waals surface area contributed by atoms with Crippen molar-refractivity contribution in [3.8, 4) is 5.75 Å². The number of methoxy groups -OCH3 is 1. The summed E-state index contributed by atoms with van der Waals surface area (Å²) in [6.07, 6.45) is 1.25. The van der Waals surface area contributed by atoms with Gasteiger partial charge in [0, 0.05) is 37.4 Å². The van der Waals surface area contributed by atoms with Crippen molar-refractivity contribution in [1.82, 2.24) is 5.32 Å². The van der Waals surface area contributed by atoms with Crippen LogP contribution in [0.15, 0.2) is 97.1 Å². The van der Waals surface area contributed by atoms with Gasteiger partial charge in [-0.1, -0.05) is 66.7 Å². The number of ether oxygens (including phenoxy) is 1. The highest BCUT2D eigenvalue weighted by atomic mass is 16.5. The van der Waals surface area contributed by atoms with Crippen LogP contribution in [0.5, 0.6) is 5.75 Å². The molecule has 4 aromatic rings. The molecule has 0 aromatic heterocycles. The maximum atomic E-state index is 14.2. The summed E-state index contributed by atoms with van der Waals surface area (Å²) in [6.45, 7) is 5.91. The fourth-order valence-corrected chi connectivity index (χ4v) is 5.39. The van der Waals surface area contributed by atoms with Gasteiger partial charge in [-0.2, -0.15) is 0 Å². The van der Waals surface area contributed by atoms with Gasteiger partial charge < -0.3 is 15.0 Å². The maximum Gasteiger partial charge on any atom is 0.248 e. The van der Waals surface area contributed by atoms with Crippen molar-refractivity contribution in [2.45, 2.75) is 39.3 Å². The molecule has 1 aliphatic rings. The van der Waals surface area contributed by atoms with Gasteiger partial charge in [-0.3, -0.25) is 14.5 Å². The third kappa shape index (κ3) is 6.43. The van der Waals surface area contributed by atoms with Gasteiger partial charge in [-0.25, -0.2) is 0 Å². The first-order valence-electron chi connectivity index (χ1n) is 14.1. The second kappa shape index (κ2) is 12.7. The minimum Gasteiger partial charge on any atom is -0.497 e. The summed E-state index contributed by atoms with van der Waals surface area (Å²) in [7, 11) is 1.61. The van der Waals surface area contributed by atoms with Crippen molar-refractivity contribution in [3.63, 3.8) is 0 Å². The lowest BCUT2D eigenvalue weighted by atomic mass is 10.0. The summed E-state index contributed by atoms with van der Waals surface area (Å²) < 4.78 is 5.37. The molecule has 0 unspecified atom stereocenters. The van der Waals surface area contributed by atoms with Crippen molar-refractivity contribution < 1.29 is 14.3 Å². The number of aryl methyl sites for hydroxylation is 2. The van der Waals surface area contributed by atoms with Crippen LogP contribution < -0.4 is 19.9 Å². The van der Waals surface area contributed by atoms with E-state index in [1.807, 2.05) is 92.7 Å². The highest BCUT2D eigenvalue weighted by Crippen LogP contribution is 2.32. The standard InChI is InChI=1S/C35H37N3O3/c1-25-13-16-30(23-26(25)2)38(33(39)20-22-37-21-19-28-11-7-8-12-32(28)37)34(29-14-17-31(41-3)18-15-29)35(40)36-24-27-9-5-4-6-10-27/h4-18,23,34H,19-22,24H2,1-3H3,(H,36,40)/t34-/m1/s1. The lowest BCUT2D eigenvalue weighted by Crippen LogP contribution is -2.44. The topological polar surface area (TPSA) is 61.9 Å². The summed E-state index contributed by atoms with van der Waals surface area (Å²) in [5, 5.41) is 3.09. The van der Waals surface area contributed by atoms with E-state index in [1.165, 1.54) is 11.3 Å². The van der Waals surface area contributed by atoms with E-state index in [0.717, 1.165) is 35.2 Å². The van der Waals surface area contributed by atoms with Gasteiger partial charge in [0.05, 0.1) is 7.11 Å². The zero-order valence-corrected chi connectivity index (χ0v) is 24.0. The van der Waals surface area contributed by atoms with Crippen molar-refractivity contribution in [1.29, 1.82) is 0 Å². The molecule has 1 N–H and O–H groups in total. The summed E-state index contributed by atoms with van der Waals surface area (Å²) in [6, 6.07) is 30.6. The van der Waals surface area contributed by atoms with Gasteiger partial charge in [0.15, 0.2) is 0 Å². The molecule has 6 nitrogen and oxygen atoms in total. The third-order valence-electron chi connectivity index (χ3n) is 7.86. The summed E-state index contributed by atoms with van der Waals surface area (Å²) in [5.41, 5.74) is 7.10. The van der Waals surface area contributed by atoms with Crippen LogP contribution in [0.2, 0.25) is 0 Å². The molecule has 0 aliphatic carbocycles. The smallest absolute Gasteiger partial charge is 0.248 e. The number of hydrogen-bond acceptors (Lipinski definition) is 4. The summed E-state index contributed by atoms with van der Waals surface area (Å²) in [4.78, 5) is 32.2. The normalized spacial score (nSPS) is 12.9. The molecule has 0 spiro atoms. The highest BCUT2D eigenvalue weighted by molar-refractivity contribution is 6.01. The van der Waals surface area contributed by atoms with Gasteiger partial charge >= 0.3 is 0 Å². The quantitative estimate of drug-likeness (QED) is 0.259. The maximum absolute atomic E-state index is 14.2. The Bertz CT molecular complexity index is 1500. The second-order valence-electron chi connectivity index (χ2n) is 10.5. The molecule has 1 aliphatic heterocycles. The highest BCUT2D eigenvalue weighted by Gasteiger charge is 2.33. The van der Waals surface area contributed by atoms with E-state index in [0.29, 0.717) is 24.5 Å². The van der Waals surface area contributed by atoms with Crippen LogP contribution in [0.1, 0.15) is 40.3 Å². The molecule has 41 heavy (non-hydrogen) atoms. The monoisotopic (exact) mass is 547 g/mol. The zero-order valence-electron chi connectivity index (χ0n) is 24.0. The van der Waals surface area contributed by atoms with Crippen molar-refractivity contribution >= 4 is 23.2 Å². The molecule has 210 valence electrons. The predicted molar refractivity (Wildman–Crippen MR) is 164 cm³/mol. The summed E-state index contributed by atoms with van der Waals surface area (Å²) >= 11 is 0. The number of hydrogen-bond donors (Lipinski definition) is 1. The SMILES string of the molecule is COc1ccc([C@H](C(=O)NCc2ccccc2)N(C(=O)CCN2CCc3ccccc32)c2ccc(C)c(C)c2)cc1. The molecule has 0 bridgehead atoms. The largest absolute Gasteiger partial charge is 0.497 e. The van der Waals surface area contributed by atoms with Crippen molar-refractivity contribution in [3.05, 3.63) is 125 Å². The Morgan fingerprint density at radius 3 is 2.37 bits per heavy atom. The van der Waals surface area contributed by atoms with Crippen LogP contribution in [0.25, 0.3) is 0 Å². The van der Waals surface area contributed by atoms with Gasteiger partial charge in [-0.05, 0) is 78.4 Å². The number of rotatable bonds is 10. The number of fused-ring (bicyclic) bond motifs is 1. The molecular weight excluding hydrogens is 510 g/mol. The van der Waals surface area contributed by atoms with E-state index in [9.17, 15) is 9.59 Å². The van der Waals surface area contributed by atoms with E-state index < -0.39 is 6.04 Å². The summed E-state index contributed by atoms with van der Waals surface area (Å²) in [5.74, 6) is 0.347. The van der Waals surface area contributed by atoms with Crippen LogP contribution in [0.4, 0.5) is 11.4 Å². The number of carbonyl (C=O) groups is 2. The molecule has 1 atom stereocenters. The van der Waals surface area contributed by atoms with E-state index >= 15 is 0 Å². The first-order valence-corrected chi connectivity index (χ1v) is 14.1. The molecule has 0 saturated heterocycles. The minimum absolute atomic E-state index is 0.103. The number of nitrogens with one attached hydrogen (secondary N) is 1. The number of amides is 2. The van der Waals surface area contributed by atoms with Crippen LogP contribution >= 0.6 is 0 Å². The van der Waals surface area contributed by atoms with Gasteiger partial charge in [0.1, 0.15) is 11.8 Å². The molecule has 5 rings (SSSR count). The molecule has 0 saturated carbocycles. The van der Waals surface area contributed by atoms with Crippen molar-refractivity contribution in [2.75, 3.05) is 30.0 Å². The minimum atomic E-state index is -0.856. The lowest BCUT2D eigenvalue weighted by molar-refractivity contribution is -0.126. The Hall–Kier alpha value is -4.58. The molecule has 2 amide bonds. The first kappa shape index (κ1) is 28.0. The Kier molecular flexibility index (Phi) is 8.68. The first-order chi connectivity index (χ1) is 19.9. The van der Waals surface area contributed by atoms with E-state index in [1.54, 1.807) is 12.0 Å². The van der Waals surface area contributed by atoms with E-state index in [-0.39, 0.29) is 18.2 Å². The third-order valence-corrected chi connectivity index (χ3v) is 7.86. The van der Waals surface area contributed by atoms with Gasteiger partial charge in [-0.15, -0.1) is 0 Å². The number of anilines is 2. The number of para-hydroxylation sites is 1. The second-order valence-corrected chi connectivity index (χ2v) is 10.5. The number of nitrogens with zero attached hydrogens (tertiary/aromatic N) is 2. The molecule has 4 aromatic carbocycles. The fraction of sp³-hybridized carbons (Fsp3) is 0.257. The van der Waals surface area contributed by atoms with Gasteiger partial charge in [0.2, 0.25) is 11.8 Å². The van der Waals surface area contributed by atoms with E-state index in [4.69, 9.17) is 4.74 Å². The Balaban J connectivity index is 1.48. The Labute approximate surface area is 242 Å². The molecule has 0 radical (unpaired) electrons. The van der Waals surface area contributed by atoms with Crippen LogP contribution in [0, 0.1) is 13.8 Å². The fourth-order valence-electron chi connectivity index (χ4n) is 5.39. The average molecular weight is 548 g/mol. The van der Waals surface area contributed by atoms with E-state index in [2.05, 4.69) is 28.4 Å². The molecule has 6 heteroatoms. The molecule has 0 fully saturated rings. The number of carbonyl (C=O) groups excluding carboxylic acids is 2. The molecular formula is C35H37N3O3. The van der Waals surface area contributed by atoms with Crippen LogP contribution in [-0.2, 0) is 22.6 Å². The Morgan fingerprint density at radius 1 is 0.902 bits per heavy atom. The lowest BCUT2D eigenvalue weighted by Gasteiger charge is -2.33. The zero-order chi connectivity index (χ0) is 28.8.